The fourth-order valence-electron chi connectivity index (χ4n) is 4.64. The van der Waals surface area contributed by atoms with Crippen LogP contribution in [-0.2, 0) is 20.7 Å². The number of carbonyl (C=O) groups is 2. The molecule has 11 nitrogen and oxygen atoms in total. The van der Waals surface area contributed by atoms with Crippen LogP contribution in [0.5, 0.6) is 0 Å². The third-order valence-corrected chi connectivity index (χ3v) is 6.66. The van der Waals surface area contributed by atoms with Gasteiger partial charge in [0, 0.05) is 32.3 Å². The van der Waals surface area contributed by atoms with Gasteiger partial charge in [-0.15, -0.1) is 5.10 Å². The molecule has 1 amide bonds. The molecule has 0 saturated carbocycles. The van der Waals surface area contributed by atoms with Crippen molar-refractivity contribution in [3.8, 4) is 5.82 Å². The van der Waals surface area contributed by atoms with Crippen LogP contribution in [0.1, 0.15) is 31.4 Å². The van der Waals surface area contributed by atoms with Gasteiger partial charge >= 0.3 is 5.97 Å². The average Bonchev–Trinajstić information content (AvgIpc) is 3.48. The van der Waals surface area contributed by atoms with Crippen LogP contribution in [0, 0.1) is 5.41 Å². The minimum atomic E-state index is -0.239. The molecule has 2 saturated heterocycles. The van der Waals surface area contributed by atoms with E-state index in [1.165, 1.54) is 11.0 Å². The summed E-state index contributed by atoms with van der Waals surface area (Å²) in [6.07, 6.45) is 10.7. The van der Waals surface area contributed by atoms with Gasteiger partial charge in [0.25, 0.3) is 0 Å². The summed E-state index contributed by atoms with van der Waals surface area (Å²) >= 11 is 0. The predicted octanol–water partition coefficient (Wildman–Crippen LogP) is 0.140. The van der Waals surface area contributed by atoms with E-state index in [0.717, 1.165) is 57.6 Å². The van der Waals surface area contributed by atoms with Crippen molar-refractivity contribution in [3.63, 3.8) is 0 Å². The van der Waals surface area contributed by atoms with E-state index in [4.69, 9.17) is 4.74 Å². The lowest BCUT2D eigenvalue weighted by Gasteiger charge is -2.47. The van der Waals surface area contributed by atoms with Crippen LogP contribution in [0.25, 0.3) is 5.82 Å². The topological polar surface area (TPSA) is 119 Å². The minimum absolute atomic E-state index is 0.0866. The predicted molar refractivity (Wildman–Crippen MR) is 107 cm³/mol. The number of ether oxygens (including phenoxy) is 1. The fourth-order valence-corrected chi connectivity index (χ4v) is 4.64. The van der Waals surface area contributed by atoms with Crippen molar-refractivity contribution in [2.24, 2.45) is 5.41 Å². The summed E-state index contributed by atoms with van der Waals surface area (Å²) in [7, 11) is 0. The first-order chi connectivity index (χ1) is 15.1. The van der Waals surface area contributed by atoms with Gasteiger partial charge in [0.1, 0.15) is 12.9 Å². The molecular weight excluding hydrogens is 400 g/mol. The molecule has 1 spiro atoms. The Morgan fingerprint density at radius 1 is 1.06 bits per heavy atom. The molecule has 0 unspecified atom stereocenters. The number of likely N-dealkylation sites (tertiary alicyclic amines) is 2. The molecule has 3 aliphatic heterocycles. The molecule has 0 radical (unpaired) electrons. The van der Waals surface area contributed by atoms with Crippen LogP contribution in [0.3, 0.4) is 0 Å². The highest BCUT2D eigenvalue weighted by Crippen LogP contribution is 2.42. The molecule has 0 atom stereocenters. The maximum atomic E-state index is 12.8. The second kappa shape index (κ2) is 8.05. The van der Waals surface area contributed by atoms with Gasteiger partial charge in [-0.1, -0.05) is 0 Å². The number of esters is 1. The average molecular weight is 424 g/mol. The van der Waals surface area contributed by atoms with Crippen LogP contribution < -0.4 is 0 Å². The van der Waals surface area contributed by atoms with Crippen molar-refractivity contribution in [2.75, 3.05) is 32.8 Å². The van der Waals surface area contributed by atoms with Gasteiger partial charge in [0.05, 0.1) is 30.2 Å². The molecule has 2 fully saturated rings. The van der Waals surface area contributed by atoms with Gasteiger partial charge in [-0.05, 0) is 41.5 Å². The lowest BCUT2D eigenvalue weighted by molar-refractivity contribution is -0.135. The van der Waals surface area contributed by atoms with E-state index < -0.39 is 0 Å². The molecule has 2 aromatic heterocycles. The quantitative estimate of drug-likeness (QED) is 0.631. The molecule has 5 rings (SSSR count). The Kier molecular flexibility index (Phi) is 5.08. The highest BCUT2D eigenvalue weighted by Gasteiger charge is 2.39. The summed E-state index contributed by atoms with van der Waals surface area (Å²) in [4.78, 5) is 36.9. The number of carbonyl (C=O) groups excluding carboxylic acids is 2. The maximum Gasteiger partial charge on any atom is 0.333 e. The fraction of sp³-hybridized carbons (Fsp3) is 0.550. The lowest BCUT2D eigenvalue weighted by atomic mass is 9.71. The van der Waals surface area contributed by atoms with Gasteiger partial charge in [-0.2, -0.15) is 4.68 Å². The van der Waals surface area contributed by atoms with Crippen LogP contribution >= 0.6 is 0 Å². The summed E-state index contributed by atoms with van der Waals surface area (Å²) in [5.74, 6) is 0.358. The number of nitrogens with zero attached hydrogens (tertiary/aromatic N) is 8. The van der Waals surface area contributed by atoms with Crippen LogP contribution in [-0.4, -0.2) is 84.6 Å². The molecule has 5 heterocycles. The largest absolute Gasteiger partial charge is 0.456 e. The Morgan fingerprint density at radius 3 is 2.45 bits per heavy atom. The first-order valence-electron chi connectivity index (χ1n) is 10.5. The van der Waals surface area contributed by atoms with Crippen molar-refractivity contribution in [2.45, 2.75) is 32.1 Å². The number of hydrogen-bond acceptors (Lipinski definition) is 9. The van der Waals surface area contributed by atoms with Gasteiger partial charge in [-0.25, -0.2) is 9.78 Å². The third-order valence-electron chi connectivity index (χ3n) is 6.66. The minimum Gasteiger partial charge on any atom is -0.456 e. The Bertz CT molecular complexity index is 970. The molecular formula is C20H24N8O3. The molecule has 2 aromatic rings. The van der Waals surface area contributed by atoms with Crippen LogP contribution in [0.4, 0.5) is 0 Å². The number of cyclic esters (lactones) is 1. The van der Waals surface area contributed by atoms with Crippen molar-refractivity contribution in [1.29, 1.82) is 0 Å². The molecule has 0 bridgehead atoms. The Hall–Kier alpha value is -3.37. The number of amides is 1. The zero-order chi connectivity index (χ0) is 21.3. The summed E-state index contributed by atoms with van der Waals surface area (Å²) in [5, 5.41) is 10.9. The highest BCUT2D eigenvalue weighted by atomic mass is 16.5. The zero-order valence-corrected chi connectivity index (χ0v) is 17.2. The van der Waals surface area contributed by atoms with Gasteiger partial charge in [-0.3, -0.25) is 9.78 Å². The molecule has 162 valence electrons. The normalized spacial score (nSPS) is 20.6. The standard InChI is InChI=1S/C20H24N8O3/c29-18(9-15-11-22-17(12-21-15)28-14-23-24-25-28)27-7-3-20(4-8-27)1-5-26(6-2-20)16-10-19(30)31-13-16/h10-12,14H,1-9,13H2. The summed E-state index contributed by atoms with van der Waals surface area (Å²) in [6.45, 7) is 3.84. The molecule has 3 aliphatic rings. The van der Waals surface area contributed by atoms with E-state index in [2.05, 4.69) is 30.4 Å². The molecule has 0 aliphatic carbocycles. The van der Waals surface area contributed by atoms with Crippen molar-refractivity contribution in [1.82, 2.24) is 40.0 Å². The van der Waals surface area contributed by atoms with Gasteiger partial charge in [0.15, 0.2) is 5.82 Å². The molecule has 0 aromatic carbocycles. The van der Waals surface area contributed by atoms with Crippen LogP contribution in [0.2, 0.25) is 0 Å². The smallest absolute Gasteiger partial charge is 0.333 e. The van der Waals surface area contributed by atoms with E-state index >= 15 is 0 Å². The van der Waals surface area contributed by atoms with E-state index in [1.807, 2.05) is 4.90 Å². The zero-order valence-electron chi connectivity index (χ0n) is 17.2. The van der Waals surface area contributed by atoms with E-state index in [0.29, 0.717) is 23.5 Å². The van der Waals surface area contributed by atoms with Crippen molar-refractivity contribution in [3.05, 3.63) is 36.2 Å². The first-order valence-corrected chi connectivity index (χ1v) is 10.5. The highest BCUT2D eigenvalue weighted by molar-refractivity contribution is 5.85. The van der Waals surface area contributed by atoms with E-state index in [-0.39, 0.29) is 18.3 Å². The molecule has 31 heavy (non-hydrogen) atoms. The maximum absolute atomic E-state index is 12.8. The lowest BCUT2D eigenvalue weighted by Crippen LogP contribution is -2.48. The van der Waals surface area contributed by atoms with Gasteiger partial charge < -0.3 is 14.5 Å². The number of rotatable bonds is 4. The second-order valence-corrected chi connectivity index (χ2v) is 8.41. The number of hydrogen-bond donors (Lipinski definition) is 0. The second-order valence-electron chi connectivity index (χ2n) is 8.41. The number of aromatic nitrogens is 6. The third kappa shape index (κ3) is 4.12. The van der Waals surface area contributed by atoms with Crippen molar-refractivity contribution >= 4 is 11.9 Å². The molecule has 0 N–H and O–H groups in total. The summed E-state index contributed by atoms with van der Waals surface area (Å²) in [6, 6.07) is 0. The SMILES string of the molecule is O=C1C=C(N2CCC3(CCN(C(=O)Cc4cnc(-n5cnnn5)cn4)CC3)CC2)CO1. The Morgan fingerprint density at radius 2 is 1.84 bits per heavy atom. The van der Waals surface area contributed by atoms with E-state index in [1.54, 1.807) is 18.5 Å². The monoisotopic (exact) mass is 424 g/mol. The summed E-state index contributed by atoms with van der Waals surface area (Å²) < 4.78 is 6.45. The number of tetrazole rings is 1. The molecule has 11 heteroatoms. The first kappa shape index (κ1) is 19.6. The van der Waals surface area contributed by atoms with Gasteiger partial charge in [0.2, 0.25) is 5.91 Å². The van der Waals surface area contributed by atoms with Crippen LogP contribution in [0.15, 0.2) is 30.5 Å². The Balaban J connectivity index is 1.12. The summed E-state index contributed by atoms with van der Waals surface area (Å²) in [5.41, 5.74) is 1.93. The van der Waals surface area contributed by atoms with E-state index in [9.17, 15) is 9.59 Å². The number of piperidine rings is 2. The Labute approximate surface area is 179 Å². The van der Waals surface area contributed by atoms with Crippen molar-refractivity contribution < 1.29 is 14.3 Å².